The number of rotatable bonds is 6. The number of aromatic nitrogens is 6. The fourth-order valence-corrected chi connectivity index (χ4v) is 6.71. The Kier molecular flexibility index (Phi) is 7.73. The summed E-state index contributed by atoms with van der Waals surface area (Å²) in [4.78, 5) is 19.8. The van der Waals surface area contributed by atoms with Crippen LogP contribution >= 0.6 is 0 Å². The number of nitrogens with two attached hydrogens (primary N) is 1. The lowest BCUT2D eigenvalue weighted by Crippen LogP contribution is -2.39. The molecule has 1 fully saturated rings. The second kappa shape index (κ2) is 11.8. The van der Waals surface area contributed by atoms with Crippen LogP contribution in [0.25, 0.3) is 33.1 Å². The summed E-state index contributed by atoms with van der Waals surface area (Å²) in [7, 11) is 0. The number of aromatic amines is 1. The molecule has 47 heavy (non-hydrogen) atoms. The highest BCUT2D eigenvalue weighted by Gasteiger charge is 2.40. The third-order valence-corrected chi connectivity index (χ3v) is 8.94. The molecule has 0 aliphatic carbocycles. The predicted molar refractivity (Wildman–Crippen MR) is 168 cm³/mol. The molecule has 1 aromatic carbocycles. The summed E-state index contributed by atoms with van der Waals surface area (Å²) >= 11 is 0. The summed E-state index contributed by atoms with van der Waals surface area (Å²) in [6, 6.07) is 4.03. The van der Waals surface area contributed by atoms with Crippen molar-refractivity contribution >= 4 is 33.4 Å². The van der Waals surface area contributed by atoms with Gasteiger partial charge in [-0.05, 0) is 57.9 Å². The molecular formula is C32H33F4N9O2. The summed E-state index contributed by atoms with van der Waals surface area (Å²) in [6.07, 6.45) is -0.0958. The number of piperidine rings is 1. The molecule has 4 N–H and O–H groups in total. The number of halogens is 4. The Morgan fingerprint density at radius 1 is 1.23 bits per heavy atom. The molecule has 3 atom stereocenters. The van der Waals surface area contributed by atoms with Gasteiger partial charge in [-0.3, -0.25) is 5.10 Å². The Labute approximate surface area is 266 Å². The molecule has 0 spiro atoms. The molecule has 2 aliphatic rings. The van der Waals surface area contributed by atoms with Gasteiger partial charge in [0, 0.05) is 35.2 Å². The zero-order valence-corrected chi connectivity index (χ0v) is 26.0. The number of hydrogen-bond acceptors (Lipinski definition) is 10. The van der Waals surface area contributed by atoms with E-state index < -0.39 is 34.9 Å². The van der Waals surface area contributed by atoms with Gasteiger partial charge in [0.1, 0.15) is 34.8 Å². The van der Waals surface area contributed by atoms with Crippen LogP contribution in [-0.4, -0.2) is 62.5 Å². The van der Waals surface area contributed by atoms with E-state index in [1.165, 1.54) is 19.2 Å². The number of nitrogens with zero attached hydrogens (tertiary/aromatic N) is 6. The van der Waals surface area contributed by atoms with Crippen molar-refractivity contribution in [2.75, 3.05) is 36.9 Å². The van der Waals surface area contributed by atoms with E-state index in [4.69, 9.17) is 20.2 Å². The molecule has 5 aromatic rings. The minimum Gasteiger partial charge on any atom is -0.475 e. The van der Waals surface area contributed by atoms with E-state index in [0.717, 1.165) is 25.9 Å². The molecule has 246 valence electrons. The van der Waals surface area contributed by atoms with Crippen molar-refractivity contribution in [1.29, 1.82) is 0 Å². The van der Waals surface area contributed by atoms with Crippen LogP contribution < -0.4 is 25.4 Å². The average molecular weight is 652 g/mol. The van der Waals surface area contributed by atoms with E-state index in [0.29, 0.717) is 16.9 Å². The molecule has 1 saturated heterocycles. The summed E-state index contributed by atoms with van der Waals surface area (Å²) < 4.78 is 73.2. The molecule has 2 aliphatic heterocycles. The van der Waals surface area contributed by atoms with Crippen molar-refractivity contribution in [3.05, 3.63) is 53.1 Å². The molecular weight excluding hydrogens is 618 g/mol. The van der Waals surface area contributed by atoms with E-state index >= 15 is 4.39 Å². The first-order valence-electron chi connectivity index (χ1n) is 15.4. The number of fused-ring (bicyclic) bond motifs is 1. The standard InChI is InChI=1S/C32H33F4N9O2/c1-15-10-21-20(12-40-44-21)22(24(15)32(34,35)36)26-25(33)27-23-29(43-31(42-27)47-14-18-6-4-8-38-11-18)45(16(2)13-46-30(23)41-26)17(3)19-7-5-9-39-28(19)37/h5,7,9-10,12,16-18,38H,4,6,8,11,13-14H2,1-3H3,(H2,37,39)(H,40,44)/t16-,17?,18?/m0/s1. The van der Waals surface area contributed by atoms with Gasteiger partial charge in [0.05, 0.1) is 36.0 Å². The molecule has 15 heteroatoms. The number of pyridine rings is 2. The Morgan fingerprint density at radius 3 is 2.81 bits per heavy atom. The highest BCUT2D eigenvalue weighted by atomic mass is 19.4. The Balaban J connectivity index is 1.48. The lowest BCUT2D eigenvalue weighted by atomic mass is 9.94. The molecule has 0 saturated carbocycles. The van der Waals surface area contributed by atoms with Crippen LogP contribution in [0.15, 0.2) is 30.6 Å². The predicted octanol–water partition coefficient (Wildman–Crippen LogP) is 5.74. The number of nitrogens with one attached hydrogen (secondary N) is 2. The van der Waals surface area contributed by atoms with Gasteiger partial charge in [0.25, 0.3) is 0 Å². The lowest BCUT2D eigenvalue weighted by molar-refractivity contribution is -0.137. The van der Waals surface area contributed by atoms with Gasteiger partial charge < -0.3 is 25.4 Å². The summed E-state index contributed by atoms with van der Waals surface area (Å²) in [6.45, 7) is 7.11. The van der Waals surface area contributed by atoms with E-state index in [1.807, 2.05) is 24.8 Å². The van der Waals surface area contributed by atoms with E-state index in [2.05, 4.69) is 30.5 Å². The van der Waals surface area contributed by atoms with Crippen LogP contribution in [0.3, 0.4) is 0 Å². The summed E-state index contributed by atoms with van der Waals surface area (Å²) in [5.74, 6) is -0.413. The summed E-state index contributed by atoms with van der Waals surface area (Å²) in [5.41, 5.74) is 4.83. The van der Waals surface area contributed by atoms with Crippen molar-refractivity contribution in [2.45, 2.75) is 51.9 Å². The van der Waals surface area contributed by atoms with Crippen molar-refractivity contribution in [3.63, 3.8) is 0 Å². The van der Waals surface area contributed by atoms with Gasteiger partial charge in [-0.2, -0.15) is 28.2 Å². The number of hydrogen-bond donors (Lipinski definition) is 3. The quantitative estimate of drug-likeness (QED) is 0.195. The summed E-state index contributed by atoms with van der Waals surface area (Å²) in [5, 5.41) is 10.1. The first kappa shape index (κ1) is 30.8. The molecule has 6 heterocycles. The third kappa shape index (κ3) is 5.41. The van der Waals surface area contributed by atoms with Crippen LogP contribution in [0.2, 0.25) is 0 Å². The SMILES string of the molecule is Cc1cc2[nH]ncc2c(-c2nc3c4c(nc(OCC5CCCNC5)nc4c2F)N(C(C)c2cccnc2N)[C@@H](C)CO3)c1C(F)(F)F. The van der Waals surface area contributed by atoms with Crippen LogP contribution in [0.5, 0.6) is 11.9 Å². The largest absolute Gasteiger partial charge is 0.475 e. The maximum absolute atomic E-state index is 17.0. The smallest absolute Gasteiger partial charge is 0.417 e. The fraction of sp³-hybridized carbons (Fsp3) is 0.406. The Bertz CT molecular complexity index is 1980. The number of anilines is 2. The molecule has 0 bridgehead atoms. The van der Waals surface area contributed by atoms with Gasteiger partial charge in [0.2, 0.25) is 5.88 Å². The van der Waals surface area contributed by atoms with E-state index in [1.54, 1.807) is 12.3 Å². The second-order valence-corrected chi connectivity index (χ2v) is 12.1. The second-order valence-electron chi connectivity index (χ2n) is 12.1. The topological polar surface area (TPSA) is 140 Å². The molecule has 7 rings (SSSR count). The molecule has 0 amide bonds. The minimum absolute atomic E-state index is 0.0546. The van der Waals surface area contributed by atoms with Crippen LogP contribution in [-0.2, 0) is 6.18 Å². The Hall–Kier alpha value is -4.79. The van der Waals surface area contributed by atoms with Crippen molar-refractivity contribution < 1.29 is 27.0 Å². The highest BCUT2D eigenvalue weighted by Crippen LogP contribution is 2.47. The van der Waals surface area contributed by atoms with Gasteiger partial charge in [0.15, 0.2) is 5.82 Å². The fourth-order valence-electron chi connectivity index (χ4n) is 6.71. The molecule has 11 nitrogen and oxygen atoms in total. The highest BCUT2D eigenvalue weighted by molar-refractivity contribution is 6.02. The third-order valence-electron chi connectivity index (χ3n) is 8.94. The first-order valence-corrected chi connectivity index (χ1v) is 15.4. The normalized spacial score (nSPS) is 19.1. The minimum atomic E-state index is -4.83. The zero-order valence-electron chi connectivity index (χ0n) is 26.0. The van der Waals surface area contributed by atoms with Crippen molar-refractivity contribution in [3.8, 4) is 23.1 Å². The van der Waals surface area contributed by atoms with E-state index in [-0.39, 0.29) is 64.7 Å². The lowest BCUT2D eigenvalue weighted by Gasteiger charge is -2.35. The number of alkyl halides is 3. The van der Waals surface area contributed by atoms with Gasteiger partial charge >= 0.3 is 12.2 Å². The van der Waals surface area contributed by atoms with Crippen molar-refractivity contribution in [2.24, 2.45) is 5.92 Å². The number of nitrogen functional groups attached to an aromatic ring is 1. The van der Waals surface area contributed by atoms with Crippen LogP contribution in [0.4, 0.5) is 29.2 Å². The molecule has 0 radical (unpaired) electrons. The van der Waals surface area contributed by atoms with E-state index in [9.17, 15) is 13.2 Å². The van der Waals surface area contributed by atoms with Crippen LogP contribution in [0, 0.1) is 18.7 Å². The van der Waals surface area contributed by atoms with Gasteiger partial charge in [-0.15, -0.1) is 0 Å². The molecule has 2 unspecified atom stereocenters. The van der Waals surface area contributed by atoms with Gasteiger partial charge in [-0.1, -0.05) is 6.07 Å². The van der Waals surface area contributed by atoms with Crippen LogP contribution in [0.1, 0.15) is 49.4 Å². The van der Waals surface area contributed by atoms with Crippen molar-refractivity contribution in [1.82, 2.24) is 35.5 Å². The molecule has 4 aromatic heterocycles. The maximum atomic E-state index is 17.0. The van der Waals surface area contributed by atoms with Gasteiger partial charge in [-0.25, -0.2) is 14.4 Å². The first-order chi connectivity index (χ1) is 22.5. The monoisotopic (exact) mass is 651 g/mol. The zero-order chi connectivity index (χ0) is 33.0. The number of benzene rings is 1. The average Bonchev–Trinajstić information content (AvgIpc) is 3.46. The number of H-pyrrole nitrogens is 1. The Morgan fingerprint density at radius 2 is 2.06 bits per heavy atom. The number of ether oxygens (including phenoxy) is 2. The maximum Gasteiger partial charge on any atom is 0.417 e. The number of aryl methyl sites for hydroxylation is 1.